The van der Waals surface area contributed by atoms with Gasteiger partial charge in [0.05, 0.1) is 5.56 Å². The second-order valence-corrected chi connectivity index (χ2v) is 7.01. The summed E-state index contributed by atoms with van der Waals surface area (Å²) in [5.41, 5.74) is 1.70. The number of aromatic nitrogens is 1. The lowest BCUT2D eigenvalue weighted by Gasteiger charge is -2.38. The summed E-state index contributed by atoms with van der Waals surface area (Å²) in [4.78, 5) is 42.1. The van der Waals surface area contributed by atoms with E-state index in [-0.39, 0.29) is 18.0 Å². The second-order valence-electron chi connectivity index (χ2n) is 7.01. The molecule has 0 aliphatic carbocycles. The first-order valence-electron chi connectivity index (χ1n) is 9.00. The summed E-state index contributed by atoms with van der Waals surface area (Å²) < 4.78 is 5.05. The molecule has 2 atom stereocenters. The number of carbonyl (C=O) groups is 3. The number of fused-ring (bicyclic) bond motifs is 1. The Morgan fingerprint density at radius 1 is 1.15 bits per heavy atom. The minimum absolute atomic E-state index is 0.122. The van der Waals surface area contributed by atoms with Crippen molar-refractivity contribution in [1.82, 2.24) is 9.88 Å². The highest BCUT2D eigenvalue weighted by Crippen LogP contribution is 2.24. The molecule has 0 saturated carbocycles. The van der Waals surface area contributed by atoms with Gasteiger partial charge in [0.2, 0.25) is 0 Å². The van der Waals surface area contributed by atoms with Gasteiger partial charge in [0.25, 0.3) is 11.7 Å². The Labute approximate surface area is 152 Å². The number of nitrogens with zero attached hydrogens (tertiary/aromatic N) is 1. The van der Waals surface area contributed by atoms with Crippen LogP contribution in [0.25, 0.3) is 10.9 Å². The molecule has 1 aliphatic rings. The first-order valence-corrected chi connectivity index (χ1v) is 9.00. The first kappa shape index (κ1) is 18.2. The molecule has 0 bridgehead atoms. The van der Waals surface area contributed by atoms with Gasteiger partial charge in [-0.05, 0) is 46.1 Å². The maximum atomic E-state index is 12.5. The van der Waals surface area contributed by atoms with E-state index >= 15 is 0 Å². The molecule has 0 spiro atoms. The van der Waals surface area contributed by atoms with E-state index in [1.807, 2.05) is 26.0 Å². The predicted molar refractivity (Wildman–Crippen MR) is 97.9 cm³/mol. The van der Waals surface area contributed by atoms with Crippen molar-refractivity contribution in [2.75, 3.05) is 6.61 Å². The first-order chi connectivity index (χ1) is 12.4. The Balaban J connectivity index is 1.69. The van der Waals surface area contributed by atoms with Gasteiger partial charge in [-0.25, -0.2) is 4.79 Å². The van der Waals surface area contributed by atoms with Crippen LogP contribution in [0.15, 0.2) is 24.3 Å². The van der Waals surface area contributed by atoms with Crippen molar-refractivity contribution in [2.45, 2.75) is 52.1 Å². The molecule has 1 aromatic carbocycles. The number of nitrogens with one attached hydrogen (secondary N) is 1. The molecular weight excluding hydrogens is 332 g/mol. The van der Waals surface area contributed by atoms with Crippen molar-refractivity contribution in [2.24, 2.45) is 0 Å². The zero-order chi connectivity index (χ0) is 18.8. The Hall–Kier alpha value is -2.63. The van der Waals surface area contributed by atoms with Gasteiger partial charge < -0.3 is 14.6 Å². The number of hydrogen-bond donors (Lipinski definition) is 1. The molecule has 2 aromatic rings. The summed E-state index contributed by atoms with van der Waals surface area (Å²) in [6, 6.07) is 7.52. The van der Waals surface area contributed by atoms with E-state index in [0.29, 0.717) is 16.6 Å². The highest BCUT2D eigenvalue weighted by molar-refractivity contribution is 6.43. The lowest BCUT2D eigenvalue weighted by molar-refractivity contribution is -0.151. The van der Waals surface area contributed by atoms with Gasteiger partial charge in [-0.3, -0.25) is 9.59 Å². The topological polar surface area (TPSA) is 79.5 Å². The van der Waals surface area contributed by atoms with Crippen LogP contribution in [0.3, 0.4) is 0 Å². The number of likely N-dealkylation sites (tertiary alicyclic amines) is 1. The molecule has 1 aliphatic heterocycles. The maximum absolute atomic E-state index is 12.5. The van der Waals surface area contributed by atoms with E-state index in [1.54, 1.807) is 24.0 Å². The van der Waals surface area contributed by atoms with Crippen LogP contribution in [0.5, 0.6) is 0 Å². The highest BCUT2D eigenvalue weighted by Gasteiger charge is 2.30. The predicted octanol–water partition coefficient (Wildman–Crippen LogP) is 2.99. The van der Waals surface area contributed by atoms with Crippen LogP contribution < -0.4 is 0 Å². The molecule has 1 fully saturated rings. The molecule has 1 amide bonds. The zero-order valence-electron chi connectivity index (χ0n) is 15.4. The highest BCUT2D eigenvalue weighted by atomic mass is 16.5. The molecular formula is C20H24N2O4. The number of carbonyl (C=O) groups excluding carboxylic acids is 3. The summed E-state index contributed by atoms with van der Waals surface area (Å²) in [6.45, 7) is 5.33. The lowest BCUT2D eigenvalue weighted by Crippen LogP contribution is -2.49. The smallest absolute Gasteiger partial charge is 0.380 e. The fourth-order valence-corrected chi connectivity index (χ4v) is 3.85. The minimum atomic E-state index is -0.997. The number of rotatable bonds is 4. The van der Waals surface area contributed by atoms with Crippen LogP contribution in [0.2, 0.25) is 0 Å². The average molecular weight is 356 g/mol. The van der Waals surface area contributed by atoms with Crippen LogP contribution in [-0.2, 0) is 14.3 Å². The van der Waals surface area contributed by atoms with Gasteiger partial charge in [-0.2, -0.15) is 0 Å². The number of ketones is 1. The van der Waals surface area contributed by atoms with Crippen molar-refractivity contribution >= 4 is 28.6 Å². The van der Waals surface area contributed by atoms with Gasteiger partial charge in [-0.15, -0.1) is 0 Å². The quantitative estimate of drug-likeness (QED) is 0.519. The third-order valence-corrected chi connectivity index (χ3v) is 5.11. The summed E-state index contributed by atoms with van der Waals surface area (Å²) in [5, 5.41) is 0.677. The van der Waals surface area contributed by atoms with E-state index in [1.165, 1.54) is 0 Å². The fourth-order valence-electron chi connectivity index (χ4n) is 3.85. The number of Topliss-reactive ketones (excluding diaryl/α,β-unsaturated/α-hetero) is 1. The van der Waals surface area contributed by atoms with E-state index in [2.05, 4.69) is 4.98 Å². The van der Waals surface area contributed by atoms with Crippen molar-refractivity contribution in [1.29, 1.82) is 0 Å². The summed E-state index contributed by atoms with van der Waals surface area (Å²) in [5.74, 6) is -1.97. The van der Waals surface area contributed by atoms with Crippen molar-refractivity contribution in [3.8, 4) is 0 Å². The number of amides is 1. The van der Waals surface area contributed by atoms with Gasteiger partial charge >= 0.3 is 5.97 Å². The molecule has 0 unspecified atom stereocenters. The van der Waals surface area contributed by atoms with E-state index in [4.69, 9.17) is 4.74 Å². The van der Waals surface area contributed by atoms with Crippen molar-refractivity contribution < 1.29 is 19.1 Å². The Morgan fingerprint density at radius 3 is 2.50 bits per heavy atom. The average Bonchev–Trinajstić information content (AvgIpc) is 2.94. The van der Waals surface area contributed by atoms with Crippen molar-refractivity contribution in [3.63, 3.8) is 0 Å². The summed E-state index contributed by atoms with van der Waals surface area (Å²) in [7, 11) is 0. The number of esters is 1. The second kappa shape index (κ2) is 7.32. The number of hydrogen-bond acceptors (Lipinski definition) is 4. The normalized spacial score (nSPS) is 20.2. The number of para-hydroxylation sites is 1. The Morgan fingerprint density at radius 2 is 1.81 bits per heavy atom. The molecule has 1 saturated heterocycles. The molecule has 3 rings (SSSR count). The van der Waals surface area contributed by atoms with E-state index in [9.17, 15) is 14.4 Å². The monoisotopic (exact) mass is 356 g/mol. The molecule has 26 heavy (non-hydrogen) atoms. The summed E-state index contributed by atoms with van der Waals surface area (Å²) >= 11 is 0. The third kappa shape index (κ3) is 3.36. The number of aromatic amines is 1. The van der Waals surface area contributed by atoms with Gasteiger partial charge in [-0.1, -0.05) is 18.2 Å². The Kier molecular flexibility index (Phi) is 5.11. The molecule has 6 nitrogen and oxygen atoms in total. The molecule has 0 radical (unpaired) electrons. The minimum Gasteiger partial charge on any atom is -0.450 e. The number of benzene rings is 1. The van der Waals surface area contributed by atoms with Crippen LogP contribution in [0.4, 0.5) is 0 Å². The molecule has 2 heterocycles. The van der Waals surface area contributed by atoms with Crippen LogP contribution >= 0.6 is 0 Å². The van der Waals surface area contributed by atoms with Gasteiger partial charge in [0, 0.05) is 28.7 Å². The molecule has 138 valence electrons. The SMILES string of the molecule is Cc1[nH]c2ccccc2c1C(=O)C(=O)OCC(=O)N1[C@H](C)CCC[C@H]1C. The zero-order valence-corrected chi connectivity index (χ0v) is 15.4. The van der Waals surface area contributed by atoms with Crippen LogP contribution in [0, 0.1) is 6.92 Å². The van der Waals surface area contributed by atoms with Crippen molar-refractivity contribution in [3.05, 3.63) is 35.5 Å². The van der Waals surface area contributed by atoms with Crippen LogP contribution in [0.1, 0.15) is 49.2 Å². The number of piperidine rings is 1. The van der Waals surface area contributed by atoms with E-state index < -0.39 is 18.4 Å². The molecule has 1 aromatic heterocycles. The Bertz CT molecular complexity index is 845. The van der Waals surface area contributed by atoms with Gasteiger partial charge in [0.1, 0.15) is 0 Å². The standard InChI is InChI=1S/C20H24N2O4/c1-12-7-6-8-13(2)22(12)17(23)11-26-20(25)19(24)18-14(3)21-16-10-5-4-9-15(16)18/h4-5,9-10,12-13,21H,6-8,11H2,1-3H3/t12-,13-/m1/s1. The number of ether oxygens (including phenoxy) is 1. The largest absolute Gasteiger partial charge is 0.450 e. The number of H-pyrrole nitrogens is 1. The van der Waals surface area contributed by atoms with Gasteiger partial charge in [0.15, 0.2) is 6.61 Å². The lowest BCUT2D eigenvalue weighted by atomic mass is 9.97. The van der Waals surface area contributed by atoms with Crippen LogP contribution in [-0.4, -0.2) is 46.2 Å². The number of aryl methyl sites for hydroxylation is 1. The maximum Gasteiger partial charge on any atom is 0.380 e. The molecule has 6 heteroatoms. The fraction of sp³-hybridized carbons (Fsp3) is 0.450. The van der Waals surface area contributed by atoms with E-state index in [0.717, 1.165) is 24.8 Å². The third-order valence-electron chi connectivity index (χ3n) is 5.11. The molecule has 1 N–H and O–H groups in total. The summed E-state index contributed by atoms with van der Waals surface area (Å²) in [6.07, 6.45) is 2.97.